The molecule has 1 aromatic rings. The summed E-state index contributed by atoms with van der Waals surface area (Å²) < 4.78 is 10.4. The number of halogens is 1. The Labute approximate surface area is 145 Å². The average molecular weight is 358 g/mol. The first-order chi connectivity index (χ1) is 10.9. The Balaban J connectivity index is 1.96. The number of carbonyl (C=O) groups is 2. The van der Waals surface area contributed by atoms with Crippen LogP contribution in [0.3, 0.4) is 0 Å². The molecule has 1 heterocycles. The predicted octanol–water partition coefficient (Wildman–Crippen LogP) is 2.45. The van der Waals surface area contributed by atoms with Crippen LogP contribution in [-0.2, 0) is 14.3 Å². The van der Waals surface area contributed by atoms with Crippen LogP contribution in [0.1, 0.15) is 11.1 Å². The normalized spacial score (nSPS) is 17.7. The maximum absolute atomic E-state index is 12.3. The minimum absolute atomic E-state index is 0.0537. The van der Waals surface area contributed by atoms with Crippen molar-refractivity contribution in [1.82, 2.24) is 4.90 Å². The predicted molar refractivity (Wildman–Crippen MR) is 91.3 cm³/mol. The van der Waals surface area contributed by atoms with Crippen LogP contribution in [0, 0.1) is 13.8 Å². The third-order valence-electron chi connectivity index (χ3n) is 3.65. The van der Waals surface area contributed by atoms with E-state index in [1.54, 1.807) is 17.0 Å². The lowest BCUT2D eigenvalue weighted by molar-refractivity contribution is -0.141. The summed E-state index contributed by atoms with van der Waals surface area (Å²) in [6, 6.07) is 3.61. The van der Waals surface area contributed by atoms with E-state index in [1.807, 2.05) is 13.8 Å². The Bertz CT molecular complexity index is 585. The maximum atomic E-state index is 12.3. The molecule has 1 fully saturated rings. The van der Waals surface area contributed by atoms with Crippen LogP contribution in [0.5, 0.6) is 5.75 Å². The van der Waals surface area contributed by atoms with Crippen molar-refractivity contribution in [3.05, 3.63) is 28.3 Å². The lowest BCUT2D eigenvalue weighted by Gasteiger charge is -2.31. The van der Waals surface area contributed by atoms with Gasteiger partial charge in [-0.25, -0.2) is 0 Å². The summed E-state index contributed by atoms with van der Waals surface area (Å²) in [5.41, 5.74) is 1.79. The molecule has 1 saturated heterocycles. The van der Waals surface area contributed by atoms with Gasteiger partial charge in [0.05, 0.1) is 7.11 Å². The molecule has 1 aliphatic heterocycles. The lowest BCUT2D eigenvalue weighted by Crippen LogP contribution is -2.46. The van der Waals surface area contributed by atoms with E-state index in [4.69, 9.17) is 21.1 Å². The van der Waals surface area contributed by atoms with Crippen molar-refractivity contribution in [2.45, 2.75) is 19.1 Å². The van der Waals surface area contributed by atoms with Crippen molar-refractivity contribution >= 4 is 35.2 Å². The first kappa shape index (κ1) is 17.9. The Hall–Kier alpha value is -1.40. The number of hydrogen-bond donors (Lipinski definition) is 0. The molecule has 1 aliphatic rings. The van der Waals surface area contributed by atoms with Crippen LogP contribution < -0.4 is 4.74 Å². The van der Waals surface area contributed by atoms with Crippen LogP contribution >= 0.6 is 23.4 Å². The van der Waals surface area contributed by atoms with Crippen molar-refractivity contribution in [3.63, 3.8) is 0 Å². The van der Waals surface area contributed by atoms with Crippen LogP contribution in [0.15, 0.2) is 12.1 Å². The molecule has 0 aliphatic carbocycles. The summed E-state index contributed by atoms with van der Waals surface area (Å²) in [5, 5.41) is 0.323. The number of hydrogen-bond acceptors (Lipinski definition) is 5. The van der Waals surface area contributed by atoms with E-state index >= 15 is 0 Å². The topological polar surface area (TPSA) is 55.8 Å². The highest BCUT2D eigenvalue weighted by molar-refractivity contribution is 8.00. The number of carbonyl (C=O) groups excluding carboxylic acids is 2. The molecular weight excluding hydrogens is 338 g/mol. The number of thioether (sulfide) groups is 1. The molecule has 0 unspecified atom stereocenters. The number of nitrogens with zero attached hydrogens (tertiary/aromatic N) is 1. The third-order valence-corrected chi connectivity index (χ3v) is 5.03. The number of esters is 1. The average Bonchev–Trinajstić information content (AvgIpc) is 2.53. The summed E-state index contributed by atoms with van der Waals surface area (Å²) in [6.45, 7) is 4.70. The zero-order valence-corrected chi connectivity index (χ0v) is 15.0. The van der Waals surface area contributed by atoms with E-state index in [-0.39, 0.29) is 23.7 Å². The van der Waals surface area contributed by atoms with Gasteiger partial charge in [-0.05, 0) is 37.1 Å². The summed E-state index contributed by atoms with van der Waals surface area (Å²) in [7, 11) is 1.36. The number of aryl methyl sites for hydroxylation is 2. The van der Waals surface area contributed by atoms with Gasteiger partial charge in [0.25, 0.3) is 5.91 Å². The smallest absolute Gasteiger partial charge is 0.320 e. The fourth-order valence-corrected chi connectivity index (χ4v) is 3.96. The minimum atomic E-state index is -0.322. The Kier molecular flexibility index (Phi) is 6.18. The molecule has 2 rings (SSSR count). The van der Waals surface area contributed by atoms with Crippen molar-refractivity contribution in [1.29, 1.82) is 0 Å². The molecular formula is C16H20ClNO4S. The van der Waals surface area contributed by atoms with Gasteiger partial charge >= 0.3 is 5.97 Å². The van der Waals surface area contributed by atoms with E-state index in [1.165, 1.54) is 18.9 Å². The molecule has 5 nitrogen and oxygen atoms in total. The molecule has 0 saturated carbocycles. The molecule has 0 radical (unpaired) electrons. The van der Waals surface area contributed by atoms with Crippen LogP contribution in [0.2, 0.25) is 5.02 Å². The van der Waals surface area contributed by atoms with Gasteiger partial charge in [0.1, 0.15) is 11.0 Å². The van der Waals surface area contributed by atoms with Gasteiger partial charge in [-0.2, -0.15) is 0 Å². The van der Waals surface area contributed by atoms with Gasteiger partial charge in [-0.1, -0.05) is 11.6 Å². The van der Waals surface area contributed by atoms with Crippen molar-refractivity contribution in [2.75, 3.05) is 32.6 Å². The summed E-state index contributed by atoms with van der Waals surface area (Å²) in [5.74, 6) is 0.967. The fourth-order valence-electron chi connectivity index (χ4n) is 2.50. The first-order valence-corrected chi connectivity index (χ1v) is 8.71. The number of benzene rings is 1. The Morgan fingerprint density at radius 2 is 2.00 bits per heavy atom. The molecule has 0 spiro atoms. The van der Waals surface area contributed by atoms with Crippen LogP contribution in [0.25, 0.3) is 0 Å². The van der Waals surface area contributed by atoms with Gasteiger partial charge in [-0.3, -0.25) is 9.59 Å². The quantitative estimate of drug-likeness (QED) is 0.775. The standard InChI is InChI=1S/C16H20ClNO4S/c1-10-6-12(17)7-11(2)15(10)22-9-14(19)18-4-5-23-13(8-18)16(20)21-3/h6-7,13H,4-5,8-9H2,1-3H3/t13-/m1/s1. The first-order valence-electron chi connectivity index (χ1n) is 7.29. The van der Waals surface area contributed by atoms with E-state index in [9.17, 15) is 9.59 Å². The molecule has 1 atom stereocenters. The SMILES string of the molecule is COC(=O)[C@H]1CN(C(=O)COc2c(C)cc(Cl)cc2C)CCS1. The lowest BCUT2D eigenvalue weighted by atomic mass is 10.1. The number of methoxy groups -OCH3 is 1. The summed E-state index contributed by atoms with van der Waals surface area (Å²) in [4.78, 5) is 25.6. The minimum Gasteiger partial charge on any atom is -0.483 e. The second-order valence-electron chi connectivity index (χ2n) is 5.38. The monoisotopic (exact) mass is 357 g/mol. The molecule has 0 bridgehead atoms. The maximum Gasteiger partial charge on any atom is 0.320 e. The Morgan fingerprint density at radius 1 is 1.35 bits per heavy atom. The highest BCUT2D eigenvalue weighted by Gasteiger charge is 2.29. The number of amides is 1. The van der Waals surface area contributed by atoms with Crippen molar-refractivity contribution in [2.24, 2.45) is 0 Å². The molecule has 7 heteroatoms. The van der Waals surface area contributed by atoms with Gasteiger partial charge in [-0.15, -0.1) is 11.8 Å². The van der Waals surface area contributed by atoms with Crippen molar-refractivity contribution in [3.8, 4) is 5.75 Å². The Morgan fingerprint density at radius 3 is 2.61 bits per heavy atom. The highest BCUT2D eigenvalue weighted by Crippen LogP contribution is 2.27. The molecule has 0 aromatic heterocycles. The number of rotatable bonds is 4. The summed E-state index contributed by atoms with van der Waals surface area (Å²) in [6.07, 6.45) is 0. The van der Waals surface area contributed by atoms with Gasteiger partial charge in [0.15, 0.2) is 6.61 Å². The zero-order chi connectivity index (χ0) is 17.0. The van der Waals surface area contributed by atoms with E-state index in [0.29, 0.717) is 29.6 Å². The van der Waals surface area contributed by atoms with Gasteiger partial charge < -0.3 is 14.4 Å². The second kappa shape index (κ2) is 7.93. The highest BCUT2D eigenvalue weighted by atomic mass is 35.5. The molecule has 1 amide bonds. The van der Waals surface area contributed by atoms with Gasteiger partial charge in [0.2, 0.25) is 0 Å². The molecule has 126 valence electrons. The van der Waals surface area contributed by atoms with Gasteiger partial charge in [0, 0.05) is 23.9 Å². The summed E-state index contributed by atoms with van der Waals surface area (Å²) >= 11 is 7.50. The van der Waals surface area contributed by atoms with E-state index in [0.717, 1.165) is 11.1 Å². The zero-order valence-electron chi connectivity index (χ0n) is 13.4. The van der Waals surface area contributed by atoms with Crippen LogP contribution in [-0.4, -0.2) is 54.6 Å². The largest absolute Gasteiger partial charge is 0.483 e. The van der Waals surface area contributed by atoms with Crippen molar-refractivity contribution < 1.29 is 19.1 Å². The molecule has 1 aromatic carbocycles. The molecule has 23 heavy (non-hydrogen) atoms. The molecule has 0 N–H and O–H groups in total. The number of ether oxygens (including phenoxy) is 2. The van der Waals surface area contributed by atoms with E-state index < -0.39 is 0 Å². The van der Waals surface area contributed by atoms with Crippen LogP contribution in [0.4, 0.5) is 0 Å². The second-order valence-corrected chi connectivity index (χ2v) is 7.13. The fraction of sp³-hybridized carbons (Fsp3) is 0.500. The third kappa shape index (κ3) is 4.54. The van der Waals surface area contributed by atoms with E-state index in [2.05, 4.69) is 0 Å².